The highest BCUT2D eigenvalue weighted by molar-refractivity contribution is 5.14. The Balaban J connectivity index is 1.60. The molecule has 0 amide bonds. The second-order valence-corrected chi connectivity index (χ2v) is 7.56. The highest BCUT2D eigenvalue weighted by atomic mass is 15.3. The molecule has 2 atom stereocenters. The summed E-state index contributed by atoms with van der Waals surface area (Å²) in [6.45, 7) is 9.18. The number of hydrogen-bond donors (Lipinski definition) is 0. The third kappa shape index (κ3) is 4.05. The molecular formula is C20H30N4. The molecule has 0 aliphatic carbocycles. The van der Waals surface area contributed by atoms with E-state index in [1.807, 2.05) is 17.9 Å². The first-order chi connectivity index (χ1) is 11.5. The van der Waals surface area contributed by atoms with Crippen molar-refractivity contribution < 1.29 is 0 Å². The molecule has 3 rings (SSSR count). The van der Waals surface area contributed by atoms with E-state index >= 15 is 0 Å². The van der Waals surface area contributed by atoms with Gasteiger partial charge in [0, 0.05) is 51.0 Å². The molecule has 0 spiro atoms. The van der Waals surface area contributed by atoms with Gasteiger partial charge in [0.15, 0.2) is 0 Å². The first-order valence-corrected chi connectivity index (χ1v) is 8.97. The number of benzene rings is 1. The second-order valence-electron chi connectivity index (χ2n) is 7.56. The van der Waals surface area contributed by atoms with Gasteiger partial charge in [-0.1, -0.05) is 44.2 Å². The largest absolute Gasteiger partial charge is 0.298 e. The van der Waals surface area contributed by atoms with E-state index in [2.05, 4.69) is 72.3 Å². The maximum Gasteiger partial charge on any atom is 0.0534 e. The zero-order valence-electron chi connectivity index (χ0n) is 15.4. The van der Waals surface area contributed by atoms with E-state index in [0.717, 1.165) is 13.1 Å². The average Bonchev–Trinajstić information content (AvgIpc) is 2.92. The van der Waals surface area contributed by atoms with E-state index in [1.54, 1.807) is 0 Å². The summed E-state index contributed by atoms with van der Waals surface area (Å²) in [6.07, 6.45) is 4.10. The standard InChI is InChI=1S/C20H30N4/c1-16-11-24(15-18-8-6-5-7-9-18)12-17(2)20(16)22(3)13-19-10-21-23(4)14-19/h5-10,14,16-17,20H,11-13,15H2,1-4H3/t16-,17-/m1/s1. The highest BCUT2D eigenvalue weighted by Crippen LogP contribution is 2.28. The van der Waals surface area contributed by atoms with Crippen LogP contribution < -0.4 is 0 Å². The van der Waals surface area contributed by atoms with Gasteiger partial charge >= 0.3 is 0 Å². The molecule has 1 saturated heterocycles. The van der Waals surface area contributed by atoms with Gasteiger partial charge in [-0.15, -0.1) is 0 Å². The van der Waals surface area contributed by atoms with Crippen molar-refractivity contribution in [3.63, 3.8) is 0 Å². The fraction of sp³-hybridized carbons (Fsp3) is 0.550. The van der Waals surface area contributed by atoms with Crippen molar-refractivity contribution in [3.05, 3.63) is 53.9 Å². The van der Waals surface area contributed by atoms with Crippen LogP contribution in [0.3, 0.4) is 0 Å². The van der Waals surface area contributed by atoms with Crippen molar-refractivity contribution in [2.45, 2.75) is 33.0 Å². The Hall–Kier alpha value is -1.65. The Bertz CT molecular complexity index is 624. The number of nitrogens with zero attached hydrogens (tertiary/aromatic N) is 4. The monoisotopic (exact) mass is 326 g/mol. The molecular weight excluding hydrogens is 296 g/mol. The van der Waals surface area contributed by atoms with E-state index in [4.69, 9.17) is 0 Å². The van der Waals surface area contributed by atoms with E-state index in [9.17, 15) is 0 Å². The number of hydrogen-bond acceptors (Lipinski definition) is 3. The molecule has 4 heteroatoms. The fourth-order valence-corrected chi connectivity index (χ4v) is 4.45. The lowest BCUT2D eigenvalue weighted by Gasteiger charge is -2.45. The fourth-order valence-electron chi connectivity index (χ4n) is 4.45. The van der Waals surface area contributed by atoms with Gasteiger partial charge in [-0.25, -0.2) is 0 Å². The van der Waals surface area contributed by atoms with Gasteiger partial charge in [-0.2, -0.15) is 5.10 Å². The molecule has 4 nitrogen and oxygen atoms in total. The quantitative estimate of drug-likeness (QED) is 0.844. The molecule has 24 heavy (non-hydrogen) atoms. The third-order valence-electron chi connectivity index (χ3n) is 5.21. The van der Waals surface area contributed by atoms with Crippen molar-refractivity contribution in [1.82, 2.24) is 19.6 Å². The highest BCUT2D eigenvalue weighted by Gasteiger charge is 2.34. The molecule has 2 aromatic rings. The molecule has 0 radical (unpaired) electrons. The minimum absolute atomic E-state index is 0.622. The molecule has 0 saturated carbocycles. The molecule has 1 aromatic carbocycles. The number of aromatic nitrogens is 2. The molecule has 130 valence electrons. The van der Waals surface area contributed by atoms with Gasteiger partial charge in [0.25, 0.3) is 0 Å². The maximum absolute atomic E-state index is 4.29. The van der Waals surface area contributed by atoms with E-state index < -0.39 is 0 Å². The van der Waals surface area contributed by atoms with E-state index in [0.29, 0.717) is 17.9 Å². The van der Waals surface area contributed by atoms with Crippen LogP contribution in [0.15, 0.2) is 42.7 Å². The third-order valence-corrected chi connectivity index (χ3v) is 5.21. The van der Waals surface area contributed by atoms with Gasteiger partial charge in [0.1, 0.15) is 0 Å². The number of aryl methyl sites for hydroxylation is 1. The minimum atomic E-state index is 0.622. The van der Waals surface area contributed by atoms with Crippen LogP contribution in [-0.4, -0.2) is 45.8 Å². The summed E-state index contributed by atoms with van der Waals surface area (Å²) in [4.78, 5) is 5.13. The summed E-state index contributed by atoms with van der Waals surface area (Å²) >= 11 is 0. The van der Waals surface area contributed by atoms with Crippen LogP contribution >= 0.6 is 0 Å². The Labute approximate surface area is 146 Å². The molecule has 0 bridgehead atoms. The topological polar surface area (TPSA) is 24.3 Å². The van der Waals surface area contributed by atoms with Crippen LogP contribution in [0.5, 0.6) is 0 Å². The molecule has 1 aliphatic heterocycles. The molecule has 1 aliphatic rings. The first kappa shape index (κ1) is 17.2. The van der Waals surface area contributed by atoms with Crippen molar-refractivity contribution in [2.75, 3.05) is 20.1 Å². The van der Waals surface area contributed by atoms with Gasteiger partial charge in [0.05, 0.1) is 6.20 Å². The normalized spacial score (nSPS) is 23.0. The summed E-state index contributed by atoms with van der Waals surface area (Å²) in [7, 11) is 4.24. The number of likely N-dealkylation sites (tertiary alicyclic amines) is 1. The SMILES string of the molecule is C[C@@H]1CN(Cc2ccccc2)C[C@@H](C)C1N(C)Cc1cnn(C)c1. The lowest BCUT2D eigenvalue weighted by molar-refractivity contribution is 0.0291. The van der Waals surface area contributed by atoms with Crippen molar-refractivity contribution in [2.24, 2.45) is 18.9 Å². The Morgan fingerprint density at radius 2 is 1.75 bits per heavy atom. The smallest absolute Gasteiger partial charge is 0.0534 e. The van der Waals surface area contributed by atoms with Crippen molar-refractivity contribution in [1.29, 1.82) is 0 Å². The summed E-state index contributed by atoms with van der Waals surface area (Å²) in [6, 6.07) is 11.4. The zero-order chi connectivity index (χ0) is 17.1. The molecule has 1 aromatic heterocycles. The molecule has 0 N–H and O–H groups in total. The molecule has 1 fully saturated rings. The Morgan fingerprint density at radius 1 is 1.08 bits per heavy atom. The first-order valence-electron chi connectivity index (χ1n) is 8.97. The van der Waals surface area contributed by atoms with Crippen molar-refractivity contribution in [3.8, 4) is 0 Å². The van der Waals surface area contributed by atoms with Crippen LogP contribution in [0.25, 0.3) is 0 Å². The lowest BCUT2D eigenvalue weighted by Crippen LogP contribution is -2.53. The number of rotatable bonds is 5. The predicted octanol–water partition coefficient (Wildman–Crippen LogP) is 3.01. The predicted molar refractivity (Wildman–Crippen MR) is 98.5 cm³/mol. The summed E-state index contributed by atoms with van der Waals surface area (Å²) < 4.78 is 1.89. The van der Waals surface area contributed by atoms with Gasteiger partial charge in [-0.05, 0) is 24.4 Å². The van der Waals surface area contributed by atoms with Crippen LogP contribution in [0.4, 0.5) is 0 Å². The molecule has 0 unspecified atom stereocenters. The number of piperidine rings is 1. The van der Waals surface area contributed by atoms with Crippen LogP contribution in [0.2, 0.25) is 0 Å². The van der Waals surface area contributed by atoms with Crippen LogP contribution in [0.1, 0.15) is 25.0 Å². The maximum atomic E-state index is 4.29. The zero-order valence-corrected chi connectivity index (χ0v) is 15.4. The Kier molecular flexibility index (Phi) is 5.36. The van der Waals surface area contributed by atoms with E-state index in [1.165, 1.54) is 24.2 Å². The van der Waals surface area contributed by atoms with Gasteiger partial charge in [-0.3, -0.25) is 14.5 Å². The van der Waals surface area contributed by atoms with E-state index in [-0.39, 0.29) is 0 Å². The molecule has 2 heterocycles. The summed E-state index contributed by atoms with van der Waals surface area (Å²) in [5, 5.41) is 4.29. The average molecular weight is 326 g/mol. The van der Waals surface area contributed by atoms with Gasteiger partial charge < -0.3 is 0 Å². The summed E-state index contributed by atoms with van der Waals surface area (Å²) in [5.41, 5.74) is 2.71. The van der Waals surface area contributed by atoms with Crippen molar-refractivity contribution >= 4 is 0 Å². The lowest BCUT2D eigenvalue weighted by atomic mass is 9.84. The minimum Gasteiger partial charge on any atom is -0.298 e. The van der Waals surface area contributed by atoms with Crippen LogP contribution in [0, 0.1) is 11.8 Å². The van der Waals surface area contributed by atoms with Gasteiger partial charge in [0.2, 0.25) is 0 Å². The second kappa shape index (κ2) is 7.49. The van der Waals surface area contributed by atoms with Crippen LogP contribution in [-0.2, 0) is 20.1 Å². The Morgan fingerprint density at radius 3 is 2.33 bits per heavy atom. The summed E-state index contributed by atoms with van der Waals surface area (Å²) in [5.74, 6) is 1.33.